The molecule has 2 aliphatic heterocycles. The Morgan fingerprint density at radius 2 is 1.96 bits per heavy atom. The number of anilines is 1. The fourth-order valence-electron chi connectivity index (χ4n) is 3.62. The fourth-order valence-corrected chi connectivity index (χ4v) is 3.62. The van der Waals surface area contributed by atoms with Gasteiger partial charge < -0.3 is 9.47 Å². The van der Waals surface area contributed by atoms with Crippen molar-refractivity contribution in [3.05, 3.63) is 71.2 Å². The molecule has 1 amide bonds. The molecule has 2 aromatic carbocycles. The Morgan fingerprint density at radius 3 is 2.67 bits per heavy atom. The van der Waals surface area contributed by atoms with Gasteiger partial charge in [-0.1, -0.05) is 18.2 Å². The van der Waals surface area contributed by atoms with Crippen LogP contribution in [0.5, 0.6) is 5.75 Å². The summed E-state index contributed by atoms with van der Waals surface area (Å²) >= 11 is 0. The van der Waals surface area contributed by atoms with E-state index in [-0.39, 0.29) is 24.9 Å². The summed E-state index contributed by atoms with van der Waals surface area (Å²) in [6, 6.07) is 13.1. The Labute approximate surface area is 156 Å². The van der Waals surface area contributed by atoms with Gasteiger partial charge in [0.1, 0.15) is 18.2 Å². The fraction of sp³-hybridized carbons (Fsp3) is 0.238. The first kappa shape index (κ1) is 17.3. The number of hydrogen-bond acceptors (Lipinski definition) is 4. The predicted molar refractivity (Wildman–Crippen MR) is 96.8 cm³/mol. The monoisotopic (exact) mass is 367 g/mol. The molecule has 0 aromatic heterocycles. The number of ether oxygens (including phenoxy) is 2. The minimum Gasteiger partial charge on any atom is -0.494 e. The number of halogens is 1. The van der Waals surface area contributed by atoms with Crippen molar-refractivity contribution in [2.75, 3.05) is 18.1 Å². The van der Waals surface area contributed by atoms with E-state index in [4.69, 9.17) is 9.47 Å². The third kappa shape index (κ3) is 3.07. The summed E-state index contributed by atoms with van der Waals surface area (Å²) in [6.45, 7) is 2.47. The molecule has 138 valence electrons. The average molecular weight is 367 g/mol. The molecule has 0 N–H and O–H groups in total. The largest absolute Gasteiger partial charge is 0.494 e. The van der Waals surface area contributed by atoms with Crippen LogP contribution in [-0.2, 0) is 14.3 Å². The van der Waals surface area contributed by atoms with Crippen LogP contribution in [0.25, 0.3) is 0 Å². The van der Waals surface area contributed by atoms with Crippen molar-refractivity contribution < 1.29 is 23.5 Å². The van der Waals surface area contributed by atoms with Gasteiger partial charge in [0.15, 0.2) is 0 Å². The summed E-state index contributed by atoms with van der Waals surface area (Å²) in [5.74, 6) is -0.730. The highest BCUT2D eigenvalue weighted by molar-refractivity contribution is 6.06. The molecule has 6 heteroatoms. The smallest absolute Gasteiger partial charge is 0.336 e. The van der Waals surface area contributed by atoms with Crippen LogP contribution in [0.3, 0.4) is 0 Å². The Hall–Kier alpha value is -3.15. The molecule has 0 bridgehead atoms. The maximum atomic E-state index is 13.6. The van der Waals surface area contributed by atoms with E-state index in [9.17, 15) is 14.0 Å². The van der Waals surface area contributed by atoms with Crippen molar-refractivity contribution in [3.8, 4) is 5.75 Å². The lowest BCUT2D eigenvalue weighted by Gasteiger charge is -2.31. The van der Waals surface area contributed by atoms with Crippen LogP contribution in [0, 0.1) is 5.82 Å². The van der Waals surface area contributed by atoms with E-state index in [1.807, 2.05) is 31.2 Å². The molecular formula is C21H18FNO4. The molecule has 0 radical (unpaired) electrons. The van der Waals surface area contributed by atoms with Gasteiger partial charge >= 0.3 is 5.97 Å². The standard InChI is InChI=1S/C21H18FNO4/c1-2-26-16-8-6-13(7-9-16)17-11-19(24)23(15-5-3-4-14(22)10-15)18-12-27-21(25)20(17)18/h3-10,17H,2,11-12H2,1H3/t17-/m0/s1. The molecule has 0 saturated heterocycles. The molecule has 2 aliphatic rings. The molecule has 1 atom stereocenters. The topological polar surface area (TPSA) is 55.8 Å². The number of carbonyl (C=O) groups is 2. The number of esters is 1. The summed E-state index contributed by atoms with van der Waals surface area (Å²) in [7, 11) is 0. The van der Waals surface area contributed by atoms with Crippen molar-refractivity contribution in [2.45, 2.75) is 19.3 Å². The summed E-state index contributed by atoms with van der Waals surface area (Å²) in [4.78, 5) is 26.7. The van der Waals surface area contributed by atoms with E-state index in [2.05, 4.69) is 0 Å². The summed E-state index contributed by atoms with van der Waals surface area (Å²) in [5.41, 5.74) is 2.19. The summed E-state index contributed by atoms with van der Waals surface area (Å²) in [6.07, 6.45) is 0.110. The molecule has 27 heavy (non-hydrogen) atoms. The molecule has 0 saturated carbocycles. The minimum absolute atomic E-state index is 0.00392. The Bertz CT molecular complexity index is 935. The number of amides is 1. The number of cyclic esters (lactones) is 1. The lowest BCUT2D eigenvalue weighted by Crippen LogP contribution is -2.37. The van der Waals surface area contributed by atoms with Gasteiger partial charge in [-0.15, -0.1) is 0 Å². The maximum Gasteiger partial charge on any atom is 0.336 e. The lowest BCUT2D eigenvalue weighted by molar-refractivity contribution is -0.136. The second-order valence-corrected chi connectivity index (χ2v) is 6.40. The molecule has 0 spiro atoms. The van der Waals surface area contributed by atoms with Crippen LogP contribution < -0.4 is 9.64 Å². The Balaban J connectivity index is 1.75. The molecule has 2 aromatic rings. The number of rotatable bonds is 4. The second-order valence-electron chi connectivity index (χ2n) is 6.40. The number of carbonyl (C=O) groups excluding carboxylic acids is 2. The molecule has 2 heterocycles. The highest BCUT2D eigenvalue weighted by Gasteiger charge is 2.42. The highest BCUT2D eigenvalue weighted by Crippen LogP contribution is 2.42. The summed E-state index contributed by atoms with van der Waals surface area (Å²) in [5, 5.41) is 0. The molecule has 0 aliphatic carbocycles. The van der Waals surface area contributed by atoms with E-state index >= 15 is 0 Å². The van der Waals surface area contributed by atoms with Crippen molar-refractivity contribution >= 4 is 17.6 Å². The van der Waals surface area contributed by atoms with Gasteiger partial charge in [-0.2, -0.15) is 0 Å². The van der Waals surface area contributed by atoms with Crippen molar-refractivity contribution in [3.63, 3.8) is 0 Å². The van der Waals surface area contributed by atoms with Gasteiger partial charge in [-0.25, -0.2) is 9.18 Å². The van der Waals surface area contributed by atoms with Crippen molar-refractivity contribution in [2.24, 2.45) is 0 Å². The predicted octanol–water partition coefficient (Wildman–Crippen LogP) is 3.56. The summed E-state index contributed by atoms with van der Waals surface area (Å²) < 4.78 is 24.3. The number of nitrogens with zero attached hydrogens (tertiary/aromatic N) is 1. The first-order chi connectivity index (χ1) is 13.1. The zero-order chi connectivity index (χ0) is 19.0. The normalized spacial score (nSPS) is 19.2. The van der Waals surface area contributed by atoms with Crippen LogP contribution in [0.1, 0.15) is 24.8 Å². The third-order valence-corrected chi connectivity index (χ3v) is 4.78. The van der Waals surface area contributed by atoms with Gasteiger partial charge in [0.2, 0.25) is 5.91 Å². The zero-order valence-electron chi connectivity index (χ0n) is 14.8. The van der Waals surface area contributed by atoms with Crippen LogP contribution in [0.4, 0.5) is 10.1 Å². The van der Waals surface area contributed by atoms with Gasteiger partial charge in [0.05, 0.1) is 23.6 Å². The Morgan fingerprint density at radius 1 is 1.19 bits per heavy atom. The number of benzene rings is 2. The third-order valence-electron chi connectivity index (χ3n) is 4.78. The van der Waals surface area contributed by atoms with Gasteiger partial charge in [0, 0.05) is 12.3 Å². The van der Waals surface area contributed by atoms with Crippen LogP contribution >= 0.6 is 0 Å². The van der Waals surface area contributed by atoms with Crippen LogP contribution in [0.15, 0.2) is 59.8 Å². The van der Waals surface area contributed by atoms with Gasteiger partial charge in [-0.05, 0) is 42.8 Å². The molecule has 4 rings (SSSR count). The molecule has 0 unspecified atom stereocenters. The van der Waals surface area contributed by atoms with E-state index in [0.717, 1.165) is 11.3 Å². The van der Waals surface area contributed by atoms with E-state index in [0.29, 0.717) is 23.6 Å². The SMILES string of the molecule is CCOc1ccc([C@@H]2CC(=O)N(c3cccc(F)c3)C3=C2C(=O)OC3)cc1. The number of hydrogen-bond donors (Lipinski definition) is 0. The zero-order valence-corrected chi connectivity index (χ0v) is 14.8. The minimum atomic E-state index is -0.443. The van der Waals surface area contributed by atoms with Crippen molar-refractivity contribution in [1.82, 2.24) is 0 Å². The van der Waals surface area contributed by atoms with E-state index < -0.39 is 11.8 Å². The second kappa shape index (κ2) is 6.87. The highest BCUT2D eigenvalue weighted by atomic mass is 19.1. The van der Waals surface area contributed by atoms with Crippen molar-refractivity contribution in [1.29, 1.82) is 0 Å². The maximum absolute atomic E-state index is 13.6. The first-order valence-corrected chi connectivity index (χ1v) is 8.80. The van der Waals surface area contributed by atoms with Crippen LogP contribution in [0.2, 0.25) is 0 Å². The van der Waals surface area contributed by atoms with E-state index in [1.54, 1.807) is 6.07 Å². The Kier molecular flexibility index (Phi) is 4.39. The van der Waals surface area contributed by atoms with Gasteiger partial charge in [-0.3, -0.25) is 9.69 Å². The lowest BCUT2D eigenvalue weighted by atomic mass is 9.84. The first-order valence-electron chi connectivity index (χ1n) is 8.80. The van der Waals surface area contributed by atoms with E-state index in [1.165, 1.54) is 23.1 Å². The molecular weight excluding hydrogens is 349 g/mol. The average Bonchev–Trinajstić information content (AvgIpc) is 3.03. The van der Waals surface area contributed by atoms with Gasteiger partial charge in [0.25, 0.3) is 0 Å². The van der Waals surface area contributed by atoms with Crippen LogP contribution in [-0.4, -0.2) is 25.1 Å². The molecule has 0 fully saturated rings. The molecule has 5 nitrogen and oxygen atoms in total. The quantitative estimate of drug-likeness (QED) is 0.776.